The normalized spacial score (nSPS) is 15.1. The van der Waals surface area contributed by atoms with Crippen molar-refractivity contribution < 1.29 is 0 Å². The van der Waals surface area contributed by atoms with Crippen molar-refractivity contribution >= 4 is 16.5 Å². The van der Waals surface area contributed by atoms with Gasteiger partial charge in [-0.25, -0.2) is 4.98 Å². The zero-order valence-corrected chi connectivity index (χ0v) is 12.6. The second-order valence-corrected chi connectivity index (χ2v) is 6.22. The molecule has 4 nitrogen and oxygen atoms in total. The summed E-state index contributed by atoms with van der Waals surface area (Å²) >= 11 is 1.56. The number of fused-ring (bicyclic) bond motifs is 1. The van der Waals surface area contributed by atoms with Gasteiger partial charge in [0.05, 0.1) is 11.3 Å². The summed E-state index contributed by atoms with van der Waals surface area (Å²) in [7, 11) is 0. The fourth-order valence-corrected chi connectivity index (χ4v) is 3.30. The summed E-state index contributed by atoms with van der Waals surface area (Å²) in [6.07, 6.45) is 4.23. The van der Waals surface area contributed by atoms with Gasteiger partial charge in [0.1, 0.15) is 0 Å². The Morgan fingerprint density at radius 2 is 2.35 bits per heavy atom. The number of thiazole rings is 1. The molecule has 0 bridgehead atoms. The second-order valence-electron chi connectivity index (χ2n) is 5.36. The van der Waals surface area contributed by atoms with Crippen LogP contribution in [0.2, 0.25) is 0 Å². The molecule has 3 rings (SSSR count). The number of anilines is 1. The predicted octanol–water partition coefficient (Wildman–Crippen LogP) is 3.20. The zero-order valence-electron chi connectivity index (χ0n) is 11.8. The molecule has 0 spiro atoms. The lowest BCUT2D eigenvalue weighted by molar-refractivity contribution is 0.763. The fourth-order valence-electron chi connectivity index (χ4n) is 2.48. The minimum absolute atomic E-state index is 0.0222. The van der Waals surface area contributed by atoms with Crippen LogP contribution in [0.5, 0.6) is 0 Å². The topological polar surface area (TPSA) is 57.8 Å². The maximum atomic E-state index is 12.2. The average molecular weight is 289 g/mol. The number of nitrogens with one attached hydrogen (secondary N) is 2. The van der Waals surface area contributed by atoms with Crippen LogP contribution >= 0.6 is 11.3 Å². The number of hydrogen-bond acceptors (Lipinski definition) is 4. The Hall–Kier alpha value is -1.62. The number of aromatic amines is 1. The van der Waals surface area contributed by atoms with Gasteiger partial charge in [-0.2, -0.15) is 0 Å². The third-order valence-electron chi connectivity index (χ3n) is 3.85. The quantitative estimate of drug-likeness (QED) is 0.908. The van der Waals surface area contributed by atoms with Crippen LogP contribution in [0.4, 0.5) is 5.13 Å². The van der Waals surface area contributed by atoms with E-state index in [4.69, 9.17) is 0 Å². The van der Waals surface area contributed by atoms with Gasteiger partial charge in [-0.1, -0.05) is 6.92 Å². The van der Waals surface area contributed by atoms with Gasteiger partial charge in [0.25, 0.3) is 5.56 Å². The highest BCUT2D eigenvalue weighted by atomic mass is 32.1. The molecule has 0 saturated heterocycles. The standard InChI is InChI=1S/C15H19N3OS/c1-3-9(2)16-15-18-13(8-20-15)11-7-10-5-4-6-12(10)17-14(11)19/h7-9H,3-6H2,1-2H3,(H,16,18)(H,17,19). The first-order valence-corrected chi connectivity index (χ1v) is 8.03. The van der Waals surface area contributed by atoms with Gasteiger partial charge in [0.15, 0.2) is 5.13 Å². The summed E-state index contributed by atoms with van der Waals surface area (Å²) in [5, 5.41) is 6.19. The Labute approximate surface area is 122 Å². The molecule has 20 heavy (non-hydrogen) atoms. The highest BCUT2D eigenvalue weighted by molar-refractivity contribution is 7.14. The molecule has 106 valence electrons. The molecule has 2 N–H and O–H groups in total. The molecule has 1 unspecified atom stereocenters. The molecule has 1 atom stereocenters. The van der Waals surface area contributed by atoms with Crippen molar-refractivity contribution in [2.24, 2.45) is 0 Å². The van der Waals surface area contributed by atoms with Crippen molar-refractivity contribution in [1.82, 2.24) is 9.97 Å². The first kappa shape index (κ1) is 13.4. The van der Waals surface area contributed by atoms with Crippen molar-refractivity contribution in [2.45, 2.75) is 45.6 Å². The monoisotopic (exact) mass is 289 g/mol. The lowest BCUT2D eigenvalue weighted by atomic mass is 10.1. The van der Waals surface area contributed by atoms with Crippen LogP contribution in [-0.4, -0.2) is 16.0 Å². The Bertz CT molecular complexity index is 674. The third kappa shape index (κ3) is 2.50. The van der Waals surface area contributed by atoms with Gasteiger partial charge in [0.2, 0.25) is 0 Å². The summed E-state index contributed by atoms with van der Waals surface area (Å²) in [6, 6.07) is 2.41. The average Bonchev–Trinajstić information content (AvgIpc) is 3.06. The predicted molar refractivity (Wildman–Crippen MR) is 83.6 cm³/mol. The van der Waals surface area contributed by atoms with Gasteiger partial charge in [-0.3, -0.25) is 4.79 Å². The molecule has 0 saturated carbocycles. The summed E-state index contributed by atoms with van der Waals surface area (Å²) in [6.45, 7) is 4.26. The molecular formula is C15H19N3OS. The Morgan fingerprint density at radius 1 is 1.50 bits per heavy atom. The Balaban J connectivity index is 1.92. The van der Waals surface area contributed by atoms with Crippen LogP contribution in [0.15, 0.2) is 16.2 Å². The van der Waals surface area contributed by atoms with Crippen LogP contribution < -0.4 is 10.9 Å². The zero-order chi connectivity index (χ0) is 14.1. The molecule has 1 aliphatic rings. The van der Waals surface area contributed by atoms with E-state index in [0.29, 0.717) is 11.6 Å². The number of aromatic nitrogens is 2. The van der Waals surface area contributed by atoms with Crippen LogP contribution in [0.25, 0.3) is 11.3 Å². The molecule has 0 aliphatic heterocycles. The smallest absolute Gasteiger partial charge is 0.257 e. The number of H-pyrrole nitrogens is 1. The molecule has 0 amide bonds. The largest absolute Gasteiger partial charge is 0.359 e. The lowest BCUT2D eigenvalue weighted by Crippen LogP contribution is -2.14. The summed E-state index contributed by atoms with van der Waals surface area (Å²) in [5.74, 6) is 0. The SMILES string of the molecule is CCC(C)Nc1nc(-c2cc3c([nH]c2=O)CCC3)cs1. The molecule has 1 aliphatic carbocycles. The Morgan fingerprint density at radius 3 is 3.15 bits per heavy atom. The van der Waals surface area contributed by atoms with Crippen LogP contribution in [0.1, 0.15) is 37.9 Å². The molecule has 2 aromatic rings. The number of aryl methyl sites for hydroxylation is 2. The number of rotatable bonds is 4. The number of nitrogens with zero attached hydrogens (tertiary/aromatic N) is 1. The maximum absolute atomic E-state index is 12.2. The van der Waals surface area contributed by atoms with Crippen molar-refractivity contribution in [1.29, 1.82) is 0 Å². The van der Waals surface area contributed by atoms with E-state index in [9.17, 15) is 4.79 Å². The van der Waals surface area contributed by atoms with Gasteiger partial charge in [0, 0.05) is 17.1 Å². The minimum atomic E-state index is -0.0222. The highest BCUT2D eigenvalue weighted by Crippen LogP contribution is 2.26. The van der Waals surface area contributed by atoms with E-state index < -0.39 is 0 Å². The fraction of sp³-hybridized carbons (Fsp3) is 0.467. The summed E-state index contributed by atoms with van der Waals surface area (Å²) in [4.78, 5) is 19.7. The van der Waals surface area contributed by atoms with E-state index in [0.717, 1.165) is 42.2 Å². The van der Waals surface area contributed by atoms with E-state index in [1.807, 2.05) is 11.4 Å². The highest BCUT2D eigenvalue weighted by Gasteiger charge is 2.16. The second kappa shape index (κ2) is 5.40. The van der Waals surface area contributed by atoms with E-state index in [1.165, 1.54) is 5.56 Å². The van der Waals surface area contributed by atoms with E-state index in [2.05, 4.69) is 29.1 Å². The van der Waals surface area contributed by atoms with Gasteiger partial charge < -0.3 is 10.3 Å². The molecule has 2 heterocycles. The van der Waals surface area contributed by atoms with E-state index in [1.54, 1.807) is 11.3 Å². The minimum Gasteiger partial charge on any atom is -0.359 e. The van der Waals surface area contributed by atoms with Crippen molar-refractivity contribution in [3.63, 3.8) is 0 Å². The Kier molecular flexibility index (Phi) is 3.61. The molecular weight excluding hydrogens is 270 g/mol. The van der Waals surface area contributed by atoms with Crippen LogP contribution in [0.3, 0.4) is 0 Å². The van der Waals surface area contributed by atoms with Crippen molar-refractivity contribution in [3.8, 4) is 11.3 Å². The molecule has 5 heteroatoms. The van der Waals surface area contributed by atoms with E-state index in [-0.39, 0.29) is 5.56 Å². The lowest BCUT2D eigenvalue weighted by Gasteiger charge is -2.08. The van der Waals surface area contributed by atoms with Crippen molar-refractivity contribution in [2.75, 3.05) is 5.32 Å². The van der Waals surface area contributed by atoms with Crippen molar-refractivity contribution in [3.05, 3.63) is 33.1 Å². The summed E-state index contributed by atoms with van der Waals surface area (Å²) in [5.41, 5.74) is 3.82. The molecule has 0 radical (unpaired) electrons. The molecule has 2 aromatic heterocycles. The van der Waals surface area contributed by atoms with Gasteiger partial charge in [-0.05, 0) is 44.2 Å². The first-order chi connectivity index (χ1) is 9.67. The third-order valence-corrected chi connectivity index (χ3v) is 4.62. The summed E-state index contributed by atoms with van der Waals surface area (Å²) < 4.78 is 0. The van der Waals surface area contributed by atoms with Gasteiger partial charge >= 0.3 is 0 Å². The van der Waals surface area contributed by atoms with Crippen LogP contribution in [-0.2, 0) is 12.8 Å². The molecule has 0 fully saturated rings. The number of hydrogen-bond donors (Lipinski definition) is 2. The van der Waals surface area contributed by atoms with E-state index >= 15 is 0 Å². The first-order valence-electron chi connectivity index (χ1n) is 7.15. The maximum Gasteiger partial charge on any atom is 0.257 e. The number of pyridine rings is 1. The van der Waals surface area contributed by atoms with Crippen LogP contribution in [0, 0.1) is 0 Å². The van der Waals surface area contributed by atoms with Gasteiger partial charge in [-0.15, -0.1) is 11.3 Å². The molecule has 0 aromatic carbocycles.